The van der Waals surface area contributed by atoms with E-state index in [9.17, 15) is 10.1 Å². The van der Waals surface area contributed by atoms with Gasteiger partial charge in [0.05, 0.1) is 4.92 Å². The van der Waals surface area contributed by atoms with Crippen molar-refractivity contribution in [2.24, 2.45) is 0 Å². The number of para-hydroxylation sites is 1. The molecule has 15 heavy (non-hydrogen) atoms. The normalized spacial score (nSPS) is 18.9. The van der Waals surface area contributed by atoms with Gasteiger partial charge in [0.2, 0.25) is 6.20 Å². The van der Waals surface area contributed by atoms with E-state index >= 15 is 0 Å². The molecule has 1 atom stereocenters. The van der Waals surface area contributed by atoms with E-state index in [0.29, 0.717) is 0 Å². The molecule has 0 aliphatic carbocycles. The first-order valence-corrected chi connectivity index (χ1v) is 4.77. The summed E-state index contributed by atoms with van der Waals surface area (Å²) >= 11 is 0. The molecule has 1 aliphatic heterocycles. The zero-order valence-electron chi connectivity index (χ0n) is 8.34. The molecule has 1 aromatic carbocycles. The maximum absolute atomic E-state index is 10.2. The lowest BCUT2D eigenvalue weighted by atomic mass is 10.1. The first-order valence-electron chi connectivity index (χ1n) is 4.77. The van der Waals surface area contributed by atoms with Gasteiger partial charge in [0.25, 0.3) is 0 Å². The SMILES string of the molecule is C[C@@H]1Cc2cccc(/C=C/[N+](=O)[O-])c2O1. The molecule has 0 radical (unpaired) electrons. The van der Waals surface area contributed by atoms with Crippen molar-refractivity contribution in [3.8, 4) is 5.75 Å². The van der Waals surface area contributed by atoms with Crippen LogP contribution in [0.25, 0.3) is 6.08 Å². The van der Waals surface area contributed by atoms with Crippen LogP contribution in [-0.2, 0) is 6.42 Å². The minimum absolute atomic E-state index is 0.158. The van der Waals surface area contributed by atoms with Crippen LogP contribution in [0.2, 0.25) is 0 Å². The standard InChI is InChI=1S/C11H11NO3/c1-8-7-10-4-2-3-9(11(10)15-8)5-6-12(13)14/h2-6,8H,7H2,1H3/b6-5+/t8-/m1/s1. The van der Waals surface area contributed by atoms with Gasteiger partial charge >= 0.3 is 0 Å². The van der Waals surface area contributed by atoms with Crippen molar-refractivity contribution in [1.29, 1.82) is 0 Å². The van der Waals surface area contributed by atoms with E-state index in [1.54, 1.807) is 0 Å². The molecule has 1 aliphatic rings. The molecule has 0 spiro atoms. The summed E-state index contributed by atoms with van der Waals surface area (Å²) in [7, 11) is 0. The Bertz CT molecular complexity index is 426. The Kier molecular flexibility index (Phi) is 2.41. The fourth-order valence-corrected chi connectivity index (χ4v) is 1.73. The quantitative estimate of drug-likeness (QED) is 0.549. The van der Waals surface area contributed by atoms with Gasteiger partial charge in [0.15, 0.2) is 0 Å². The van der Waals surface area contributed by atoms with E-state index in [4.69, 9.17) is 4.74 Å². The second-order valence-electron chi connectivity index (χ2n) is 3.57. The maximum Gasteiger partial charge on any atom is 0.235 e. The van der Waals surface area contributed by atoms with Crippen molar-refractivity contribution in [3.63, 3.8) is 0 Å². The van der Waals surface area contributed by atoms with Crippen molar-refractivity contribution in [2.45, 2.75) is 19.4 Å². The van der Waals surface area contributed by atoms with Gasteiger partial charge in [0, 0.05) is 18.1 Å². The summed E-state index contributed by atoms with van der Waals surface area (Å²) in [6.07, 6.45) is 3.43. The Morgan fingerprint density at radius 1 is 1.60 bits per heavy atom. The Morgan fingerprint density at radius 3 is 3.13 bits per heavy atom. The number of rotatable bonds is 2. The molecular weight excluding hydrogens is 194 g/mol. The van der Waals surface area contributed by atoms with Crippen molar-refractivity contribution < 1.29 is 9.66 Å². The number of hydrogen-bond acceptors (Lipinski definition) is 3. The summed E-state index contributed by atoms with van der Waals surface area (Å²) in [4.78, 5) is 9.74. The molecule has 0 fully saturated rings. The molecule has 0 bridgehead atoms. The molecule has 0 amide bonds. The molecule has 1 aromatic rings. The summed E-state index contributed by atoms with van der Waals surface area (Å²) in [5.41, 5.74) is 1.89. The smallest absolute Gasteiger partial charge is 0.235 e. The van der Waals surface area contributed by atoms with E-state index in [0.717, 1.165) is 29.5 Å². The molecule has 0 saturated carbocycles. The highest BCUT2D eigenvalue weighted by Gasteiger charge is 2.20. The lowest BCUT2D eigenvalue weighted by molar-refractivity contribution is -0.400. The minimum atomic E-state index is -0.474. The van der Waals surface area contributed by atoms with E-state index in [1.165, 1.54) is 6.08 Å². The second-order valence-corrected chi connectivity index (χ2v) is 3.57. The van der Waals surface area contributed by atoms with Gasteiger partial charge in [-0.1, -0.05) is 18.2 Å². The van der Waals surface area contributed by atoms with Crippen molar-refractivity contribution in [1.82, 2.24) is 0 Å². The molecule has 0 saturated heterocycles. The largest absolute Gasteiger partial charge is 0.489 e. The molecule has 0 aromatic heterocycles. The highest BCUT2D eigenvalue weighted by atomic mass is 16.6. The van der Waals surface area contributed by atoms with Crippen molar-refractivity contribution in [2.75, 3.05) is 0 Å². The van der Waals surface area contributed by atoms with Gasteiger partial charge in [-0.15, -0.1) is 0 Å². The summed E-state index contributed by atoms with van der Waals surface area (Å²) in [5, 5.41) is 10.2. The highest BCUT2D eigenvalue weighted by molar-refractivity contribution is 5.60. The van der Waals surface area contributed by atoms with Gasteiger partial charge in [-0.25, -0.2) is 0 Å². The van der Waals surface area contributed by atoms with Crippen LogP contribution in [0.15, 0.2) is 24.4 Å². The van der Waals surface area contributed by atoms with Crippen LogP contribution in [0.1, 0.15) is 18.1 Å². The van der Waals surface area contributed by atoms with E-state index < -0.39 is 4.92 Å². The van der Waals surface area contributed by atoms with E-state index in [1.807, 2.05) is 25.1 Å². The minimum Gasteiger partial charge on any atom is -0.489 e. The molecule has 78 valence electrons. The monoisotopic (exact) mass is 205 g/mol. The Hall–Kier alpha value is -1.84. The van der Waals surface area contributed by atoms with Gasteiger partial charge in [-0.05, 0) is 12.5 Å². The van der Waals surface area contributed by atoms with Gasteiger partial charge in [0.1, 0.15) is 11.9 Å². The van der Waals surface area contributed by atoms with Crippen LogP contribution in [0, 0.1) is 10.1 Å². The number of nitro groups is 1. The first kappa shape index (κ1) is 9.71. The zero-order chi connectivity index (χ0) is 10.8. The Balaban J connectivity index is 2.34. The van der Waals surface area contributed by atoms with Gasteiger partial charge < -0.3 is 4.74 Å². The fraction of sp³-hybridized carbons (Fsp3) is 0.273. The predicted molar refractivity (Wildman–Crippen MR) is 56.3 cm³/mol. The van der Waals surface area contributed by atoms with Crippen LogP contribution < -0.4 is 4.74 Å². The van der Waals surface area contributed by atoms with E-state index in [-0.39, 0.29) is 6.10 Å². The molecule has 1 heterocycles. The molecule has 0 N–H and O–H groups in total. The van der Waals surface area contributed by atoms with Crippen LogP contribution in [0.4, 0.5) is 0 Å². The first-order chi connectivity index (χ1) is 7.16. The van der Waals surface area contributed by atoms with Crippen LogP contribution in [0.3, 0.4) is 0 Å². The Morgan fingerprint density at radius 2 is 2.40 bits per heavy atom. The summed E-state index contributed by atoms with van der Waals surface area (Å²) in [6, 6.07) is 5.69. The molecule has 0 unspecified atom stereocenters. The van der Waals surface area contributed by atoms with E-state index in [2.05, 4.69) is 0 Å². The summed E-state index contributed by atoms with van der Waals surface area (Å²) in [6.45, 7) is 1.99. The number of nitrogens with zero attached hydrogens (tertiary/aromatic N) is 1. The van der Waals surface area contributed by atoms with Crippen LogP contribution in [-0.4, -0.2) is 11.0 Å². The van der Waals surface area contributed by atoms with Gasteiger partial charge in [-0.3, -0.25) is 10.1 Å². The molecule has 4 heteroatoms. The lowest BCUT2D eigenvalue weighted by Gasteiger charge is -2.04. The third-order valence-electron chi connectivity index (χ3n) is 2.33. The topological polar surface area (TPSA) is 52.4 Å². The summed E-state index contributed by atoms with van der Waals surface area (Å²) in [5.74, 6) is 0.781. The number of ether oxygens (including phenoxy) is 1. The molecule has 4 nitrogen and oxygen atoms in total. The van der Waals surface area contributed by atoms with Crippen LogP contribution in [0.5, 0.6) is 5.75 Å². The van der Waals surface area contributed by atoms with Crippen LogP contribution >= 0.6 is 0 Å². The average molecular weight is 205 g/mol. The predicted octanol–water partition coefficient (Wildman–Crippen LogP) is 2.26. The maximum atomic E-state index is 10.2. The number of benzene rings is 1. The third kappa shape index (κ3) is 1.98. The van der Waals surface area contributed by atoms with Crippen molar-refractivity contribution >= 4 is 6.08 Å². The third-order valence-corrected chi connectivity index (χ3v) is 2.33. The van der Waals surface area contributed by atoms with Crippen molar-refractivity contribution in [3.05, 3.63) is 45.6 Å². The molecular formula is C11H11NO3. The second kappa shape index (κ2) is 3.73. The fourth-order valence-electron chi connectivity index (χ4n) is 1.73. The van der Waals surface area contributed by atoms with Gasteiger partial charge in [-0.2, -0.15) is 0 Å². The molecule has 2 rings (SSSR count). The zero-order valence-corrected chi connectivity index (χ0v) is 8.34. The highest BCUT2D eigenvalue weighted by Crippen LogP contribution is 2.32. The summed E-state index contributed by atoms with van der Waals surface area (Å²) < 4.78 is 5.60. The average Bonchev–Trinajstić information content (AvgIpc) is 2.55. The lowest BCUT2D eigenvalue weighted by Crippen LogP contribution is -2.05. The Labute approximate surface area is 87.3 Å². The number of hydrogen-bond donors (Lipinski definition) is 0. The number of fused-ring (bicyclic) bond motifs is 1.